The van der Waals surface area contributed by atoms with Crippen molar-refractivity contribution in [2.24, 2.45) is 7.05 Å². The van der Waals surface area contributed by atoms with Crippen LogP contribution in [-0.2, 0) is 13.5 Å². The molecule has 0 aromatic carbocycles. The summed E-state index contributed by atoms with van der Waals surface area (Å²) in [6.45, 7) is 0. The number of nitrogens with zero attached hydrogens (tertiary/aromatic N) is 7. The van der Waals surface area contributed by atoms with Crippen molar-refractivity contribution in [2.45, 2.75) is 19.0 Å². The highest BCUT2D eigenvalue weighted by molar-refractivity contribution is 5.80. The second-order valence-electron chi connectivity index (χ2n) is 6.21. The zero-order valence-corrected chi connectivity index (χ0v) is 14.7. The molecule has 0 aliphatic heterocycles. The number of hydrogen-bond acceptors (Lipinski definition) is 6. The summed E-state index contributed by atoms with van der Waals surface area (Å²) < 4.78 is 40.7. The predicted octanol–water partition coefficient (Wildman–Crippen LogP) is 2.66. The number of anilines is 1. The van der Waals surface area contributed by atoms with Crippen molar-refractivity contribution in [3.63, 3.8) is 0 Å². The average Bonchev–Trinajstić information content (AvgIpc) is 3.25. The summed E-state index contributed by atoms with van der Waals surface area (Å²) in [5.74, 6) is 0.348. The number of aromatic nitrogens is 7. The molecule has 0 fully saturated rings. The second-order valence-corrected chi connectivity index (χ2v) is 6.21. The molecule has 8 nitrogen and oxygen atoms in total. The van der Waals surface area contributed by atoms with E-state index in [4.69, 9.17) is 5.73 Å². The van der Waals surface area contributed by atoms with Crippen LogP contribution < -0.4 is 5.73 Å². The summed E-state index contributed by atoms with van der Waals surface area (Å²) >= 11 is 0. The van der Waals surface area contributed by atoms with Crippen LogP contribution in [0, 0.1) is 0 Å². The summed E-state index contributed by atoms with van der Waals surface area (Å²) in [6.07, 6.45) is -0.557. The zero-order chi connectivity index (χ0) is 19.9. The van der Waals surface area contributed by atoms with Crippen molar-refractivity contribution < 1.29 is 13.2 Å². The number of nitrogens with two attached hydrogens (primary N) is 1. The Labute approximate surface area is 156 Å². The van der Waals surface area contributed by atoms with Gasteiger partial charge in [-0.3, -0.25) is 9.08 Å². The maximum Gasteiger partial charge on any atom is 0.389 e. The Hall–Kier alpha value is -3.50. The van der Waals surface area contributed by atoms with Gasteiger partial charge in [-0.2, -0.15) is 18.3 Å². The molecule has 0 saturated carbocycles. The van der Waals surface area contributed by atoms with Crippen LogP contribution in [-0.4, -0.2) is 40.5 Å². The van der Waals surface area contributed by atoms with Gasteiger partial charge >= 0.3 is 6.18 Å². The predicted molar refractivity (Wildman–Crippen MR) is 95.0 cm³/mol. The van der Waals surface area contributed by atoms with Gasteiger partial charge in [0, 0.05) is 43.2 Å². The van der Waals surface area contributed by atoms with E-state index < -0.39 is 12.6 Å². The van der Waals surface area contributed by atoms with Gasteiger partial charge in [0.2, 0.25) is 5.95 Å². The average molecular weight is 388 g/mol. The number of halogens is 3. The smallest absolute Gasteiger partial charge is 0.368 e. The molecule has 4 aromatic heterocycles. The molecule has 0 spiro atoms. The highest BCUT2D eigenvalue weighted by atomic mass is 19.4. The minimum Gasteiger partial charge on any atom is -0.368 e. The summed E-state index contributed by atoms with van der Waals surface area (Å²) in [7, 11) is 1.80. The SMILES string of the molecule is Cn1nccc1-c1cnc(N)nc1-c1ccn2c(CCC(F)(F)F)nnc2c1. The van der Waals surface area contributed by atoms with Crippen LogP contribution in [0.1, 0.15) is 12.2 Å². The molecule has 2 N–H and O–H groups in total. The number of rotatable bonds is 4. The van der Waals surface area contributed by atoms with Gasteiger partial charge in [0.05, 0.1) is 17.8 Å². The molecule has 4 aromatic rings. The van der Waals surface area contributed by atoms with Crippen molar-refractivity contribution in [2.75, 3.05) is 5.73 Å². The Morgan fingerprint density at radius 2 is 2.00 bits per heavy atom. The Morgan fingerprint density at radius 1 is 1.18 bits per heavy atom. The van der Waals surface area contributed by atoms with E-state index in [0.717, 1.165) is 11.3 Å². The van der Waals surface area contributed by atoms with Crippen LogP contribution in [0.25, 0.3) is 28.2 Å². The second kappa shape index (κ2) is 6.59. The van der Waals surface area contributed by atoms with Gasteiger partial charge in [-0.1, -0.05) is 0 Å². The van der Waals surface area contributed by atoms with Gasteiger partial charge in [-0.15, -0.1) is 10.2 Å². The first-order valence-electron chi connectivity index (χ1n) is 8.33. The molecule has 0 atom stereocenters. The maximum atomic E-state index is 12.5. The lowest BCUT2D eigenvalue weighted by molar-refractivity contribution is -0.134. The molecule has 0 saturated heterocycles. The lowest BCUT2D eigenvalue weighted by Crippen LogP contribution is -2.10. The molecule has 4 rings (SSSR count). The fourth-order valence-electron chi connectivity index (χ4n) is 2.95. The Bertz CT molecular complexity index is 1140. The normalized spacial score (nSPS) is 12.0. The van der Waals surface area contributed by atoms with Crippen LogP contribution in [0.4, 0.5) is 19.1 Å². The van der Waals surface area contributed by atoms with Crippen LogP contribution >= 0.6 is 0 Å². The molecule has 4 heterocycles. The van der Waals surface area contributed by atoms with Gasteiger partial charge < -0.3 is 5.73 Å². The third kappa shape index (κ3) is 3.38. The molecule has 11 heteroatoms. The third-order valence-corrected chi connectivity index (χ3v) is 4.29. The van der Waals surface area contributed by atoms with E-state index in [1.165, 1.54) is 4.40 Å². The molecular formula is C17H15F3N8. The highest BCUT2D eigenvalue weighted by Crippen LogP contribution is 2.31. The van der Waals surface area contributed by atoms with Gasteiger partial charge in [-0.25, -0.2) is 9.97 Å². The first kappa shape index (κ1) is 17.9. The first-order chi connectivity index (χ1) is 13.3. The molecule has 0 aliphatic rings. The minimum atomic E-state index is -4.25. The summed E-state index contributed by atoms with van der Waals surface area (Å²) in [6, 6.07) is 5.25. The van der Waals surface area contributed by atoms with Crippen LogP contribution in [0.15, 0.2) is 36.8 Å². The van der Waals surface area contributed by atoms with Crippen molar-refractivity contribution in [1.29, 1.82) is 0 Å². The zero-order valence-electron chi connectivity index (χ0n) is 14.7. The molecule has 0 unspecified atom stereocenters. The molecular weight excluding hydrogens is 373 g/mol. The maximum absolute atomic E-state index is 12.5. The van der Waals surface area contributed by atoms with E-state index in [1.807, 2.05) is 6.07 Å². The van der Waals surface area contributed by atoms with E-state index in [0.29, 0.717) is 16.9 Å². The topological polar surface area (TPSA) is 99.8 Å². The Morgan fingerprint density at radius 3 is 2.71 bits per heavy atom. The Balaban J connectivity index is 1.76. The molecule has 0 amide bonds. The first-order valence-corrected chi connectivity index (χ1v) is 8.33. The minimum absolute atomic E-state index is 0.105. The molecule has 144 valence electrons. The van der Waals surface area contributed by atoms with Gasteiger partial charge in [0.1, 0.15) is 5.82 Å². The number of hydrogen-bond donors (Lipinski definition) is 1. The number of fused-ring (bicyclic) bond motifs is 1. The highest BCUT2D eigenvalue weighted by Gasteiger charge is 2.27. The Kier molecular flexibility index (Phi) is 4.21. The number of alkyl halides is 3. The largest absolute Gasteiger partial charge is 0.389 e. The fraction of sp³-hybridized carbons (Fsp3) is 0.235. The number of nitrogen functional groups attached to an aromatic ring is 1. The van der Waals surface area contributed by atoms with E-state index in [-0.39, 0.29) is 18.2 Å². The van der Waals surface area contributed by atoms with Crippen LogP contribution in [0.2, 0.25) is 0 Å². The van der Waals surface area contributed by atoms with Crippen molar-refractivity contribution in [3.05, 3.63) is 42.6 Å². The quantitative estimate of drug-likeness (QED) is 0.577. The van der Waals surface area contributed by atoms with Gasteiger partial charge in [0.15, 0.2) is 5.65 Å². The molecule has 0 bridgehead atoms. The van der Waals surface area contributed by atoms with E-state index >= 15 is 0 Å². The lowest BCUT2D eigenvalue weighted by atomic mass is 10.1. The summed E-state index contributed by atoms with van der Waals surface area (Å²) in [5.41, 5.74) is 8.96. The fourth-order valence-corrected chi connectivity index (χ4v) is 2.95. The monoisotopic (exact) mass is 388 g/mol. The number of aryl methyl sites for hydroxylation is 2. The van der Waals surface area contributed by atoms with Gasteiger partial charge in [0.25, 0.3) is 0 Å². The summed E-state index contributed by atoms with van der Waals surface area (Å²) in [5, 5.41) is 12.0. The molecule has 0 radical (unpaired) electrons. The van der Waals surface area contributed by atoms with Crippen molar-refractivity contribution >= 4 is 11.6 Å². The van der Waals surface area contributed by atoms with Crippen LogP contribution in [0.3, 0.4) is 0 Å². The van der Waals surface area contributed by atoms with Crippen molar-refractivity contribution in [1.82, 2.24) is 34.3 Å². The van der Waals surface area contributed by atoms with E-state index in [1.54, 1.807) is 42.5 Å². The third-order valence-electron chi connectivity index (χ3n) is 4.29. The lowest BCUT2D eigenvalue weighted by Gasteiger charge is -2.10. The number of pyridine rings is 1. The summed E-state index contributed by atoms with van der Waals surface area (Å²) in [4.78, 5) is 8.40. The van der Waals surface area contributed by atoms with Crippen molar-refractivity contribution in [3.8, 4) is 22.5 Å². The van der Waals surface area contributed by atoms with E-state index in [2.05, 4.69) is 25.3 Å². The molecule has 28 heavy (non-hydrogen) atoms. The standard InChI is InChI=1S/C17H15F3N8/c1-27-12(3-6-23-27)11-9-22-16(21)24-15(11)10-4-7-28-13(2-5-17(18,19)20)25-26-14(28)8-10/h3-4,6-9H,2,5H2,1H3,(H2,21,22,24). The van der Waals surface area contributed by atoms with Gasteiger partial charge in [-0.05, 0) is 18.2 Å². The van der Waals surface area contributed by atoms with E-state index in [9.17, 15) is 13.2 Å². The molecule has 0 aliphatic carbocycles. The van der Waals surface area contributed by atoms with Crippen LogP contribution in [0.5, 0.6) is 0 Å².